The average Bonchev–Trinajstić information content (AvgIpc) is 2.25. The third-order valence-electron chi connectivity index (χ3n) is 1.74. The zero-order valence-electron chi connectivity index (χ0n) is 7.95. The second-order valence-electron chi connectivity index (χ2n) is 2.95. The Bertz CT molecular complexity index is 243. The molecule has 0 aliphatic rings. The largest absolute Gasteiger partial charge is 0.328 e. The summed E-state index contributed by atoms with van der Waals surface area (Å²) in [5, 5.41) is 0. The molecule has 0 saturated heterocycles. The Morgan fingerprint density at radius 2 is 2.07 bits per heavy atom. The molecule has 0 saturated carbocycles. The fraction of sp³-hybridized carbons (Fsp3) is 0.400. The topological polar surface area (TPSA) is 47.3 Å². The highest BCUT2D eigenvalue weighted by molar-refractivity contribution is 5.13. The van der Waals surface area contributed by atoms with Crippen LogP contribution in [0.25, 0.3) is 0 Å². The molecule has 0 aliphatic heterocycles. The molecule has 0 aromatic heterocycles. The van der Waals surface area contributed by atoms with Gasteiger partial charge in [0, 0.05) is 13.1 Å². The van der Waals surface area contributed by atoms with E-state index in [-0.39, 0.29) is 13.2 Å². The summed E-state index contributed by atoms with van der Waals surface area (Å²) in [4.78, 5) is 4.89. The average molecular weight is 198 g/mol. The highest BCUT2D eigenvalue weighted by Crippen LogP contribution is 1.97. The van der Waals surface area contributed by atoms with Gasteiger partial charge in [0.1, 0.15) is 12.8 Å². The predicted octanol–water partition coefficient (Wildman–Crippen LogP) is 1.00. The van der Waals surface area contributed by atoms with Crippen molar-refractivity contribution in [1.82, 2.24) is 5.48 Å². The number of benzene rings is 1. The number of nitrogens with two attached hydrogens (primary N) is 1. The second-order valence-corrected chi connectivity index (χ2v) is 2.95. The number of hydrogen-bond acceptors (Lipinski definition) is 3. The van der Waals surface area contributed by atoms with E-state index in [0.29, 0.717) is 6.54 Å². The summed E-state index contributed by atoms with van der Waals surface area (Å²) in [6.45, 7) is 0.550. The van der Waals surface area contributed by atoms with E-state index < -0.39 is 6.17 Å². The van der Waals surface area contributed by atoms with Crippen LogP contribution in [-0.4, -0.2) is 19.3 Å². The van der Waals surface area contributed by atoms with Crippen LogP contribution in [0.3, 0.4) is 0 Å². The fourth-order valence-corrected chi connectivity index (χ4v) is 0.948. The number of hydrogen-bond donors (Lipinski definition) is 2. The molecular formula is C10H15FN2O. The highest BCUT2D eigenvalue weighted by Gasteiger charge is 2.02. The van der Waals surface area contributed by atoms with Crippen LogP contribution in [-0.2, 0) is 11.4 Å². The van der Waals surface area contributed by atoms with E-state index >= 15 is 0 Å². The standard InChI is InChI=1S/C10H15FN2O/c11-10(6-12)8-14-13-7-9-4-2-1-3-5-9/h1-5,10,13H,6-8,12H2. The zero-order chi connectivity index (χ0) is 10.2. The lowest BCUT2D eigenvalue weighted by Gasteiger charge is -2.07. The Labute approximate surface area is 83.0 Å². The van der Waals surface area contributed by atoms with Crippen molar-refractivity contribution in [3.05, 3.63) is 35.9 Å². The molecule has 78 valence electrons. The maximum atomic E-state index is 12.6. The van der Waals surface area contributed by atoms with Gasteiger partial charge < -0.3 is 5.73 Å². The lowest BCUT2D eigenvalue weighted by molar-refractivity contribution is 0.00560. The van der Waals surface area contributed by atoms with Gasteiger partial charge in [-0.2, -0.15) is 5.48 Å². The summed E-state index contributed by atoms with van der Waals surface area (Å²) in [5.74, 6) is 0. The van der Waals surface area contributed by atoms with E-state index in [1.54, 1.807) is 0 Å². The number of alkyl halides is 1. The molecule has 1 rings (SSSR count). The number of hydroxylamine groups is 1. The zero-order valence-corrected chi connectivity index (χ0v) is 7.95. The van der Waals surface area contributed by atoms with Gasteiger partial charge >= 0.3 is 0 Å². The molecular weight excluding hydrogens is 183 g/mol. The predicted molar refractivity (Wildman–Crippen MR) is 53.2 cm³/mol. The van der Waals surface area contributed by atoms with Gasteiger partial charge in [-0.1, -0.05) is 30.3 Å². The van der Waals surface area contributed by atoms with Crippen molar-refractivity contribution in [1.29, 1.82) is 0 Å². The molecule has 1 aromatic carbocycles. The van der Waals surface area contributed by atoms with Gasteiger partial charge in [-0.05, 0) is 5.56 Å². The highest BCUT2D eigenvalue weighted by atomic mass is 19.1. The minimum atomic E-state index is -1.10. The van der Waals surface area contributed by atoms with E-state index in [1.165, 1.54) is 0 Å². The van der Waals surface area contributed by atoms with Gasteiger partial charge in [0.05, 0.1) is 0 Å². The smallest absolute Gasteiger partial charge is 0.137 e. The van der Waals surface area contributed by atoms with E-state index in [0.717, 1.165) is 5.56 Å². The Hall–Kier alpha value is -0.970. The molecule has 4 heteroatoms. The number of nitrogens with one attached hydrogen (secondary N) is 1. The van der Waals surface area contributed by atoms with Gasteiger partial charge in [-0.25, -0.2) is 4.39 Å². The van der Waals surface area contributed by atoms with Crippen LogP contribution >= 0.6 is 0 Å². The Morgan fingerprint density at radius 1 is 1.36 bits per heavy atom. The SMILES string of the molecule is NCC(F)CONCc1ccccc1. The first kappa shape index (κ1) is 11.1. The number of halogens is 1. The van der Waals surface area contributed by atoms with Crippen molar-refractivity contribution in [3.8, 4) is 0 Å². The van der Waals surface area contributed by atoms with Gasteiger partial charge in [0.15, 0.2) is 0 Å². The van der Waals surface area contributed by atoms with Gasteiger partial charge in [0.25, 0.3) is 0 Å². The van der Waals surface area contributed by atoms with Crippen LogP contribution in [0.2, 0.25) is 0 Å². The normalized spacial score (nSPS) is 12.7. The second kappa shape index (κ2) is 6.48. The van der Waals surface area contributed by atoms with E-state index in [4.69, 9.17) is 10.6 Å². The van der Waals surface area contributed by atoms with Crippen LogP contribution in [0.5, 0.6) is 0 Å². The number of rotatable bonds is 6. The Kier molecular flexibility index (Phi) is 5.14. The molecule has 3 nitrogen and oxygen atoms in total. The van der Waals surface area contributed by atoms with Crippen molar-refractivity contribution in [2.24, 2.45) is 5.73 Å². The summed E-state index contributed by atoms with van der Waals surface area (Å²) in [6.07, 6.45) is -1.10. The Morgan fingerprint density at radius 3 is 2.71 bits per heavy atom. The third kappa shape index (κ3) is 4.32. The Balaban J connectivity index is 2.10. The van der Waals surface area contributed by atoms with Crippen molar-refractivity contribution in [2.75, 3.05) is 13.2 Å². The van der Waals surface area contributed by atoms with Crippen molar-refractivity contribution in [3.63, 3.8) is 0 Å². The summed E-state index contributed by atoms with van der Waals surface area (Å²) < 4.78 is 12.6. The third-order valence-corrected chi connectivity index (χ3v) is 1.74. The molecule has 3 N–H and O–H groups in total. The van der Waals surface area contributed by atoms with E-state index in [1.807, 2.05) is 30.3 Å². The molecule has 1 atom stereocenters. The summed E-state index contributed by atoms with van der Waals surface area (Å²) >= 11 is 0. The van der Waals surface area contributed by atoms with E-state index in [2.05, 4.69) is 5.48 Å². The molecule has 0 amide bonds. The van der Waals surface area contributed by atoms with Crippen LogP contribution in [0.4, 0.5) is 4.39 Å². The first-order valence-corrected chi connectivity index (χ1v) is 4.55. The maximum Gasteiger partial charge on any atom is 0.137 e. The minimum absolute atomic E-state index is 0.00693. The van der Waals surface area contributed by atoms with Crippen LogP contribution in [0, 0.1) is 0 Å². The molecule has 0 bridgehead atoms. The lowest BCUT2D eigenvalue weighted by atomic mass is 10.2. The van der Waals surface area contributed by atoms with Gasteiger partial charge in [-0.15, -0.1) is 0 Å². The van der Waals surface area contributed by atoms with Gasteiger partial charge in [-0.3, -0.25) is 4.84 Å². The molecule has 14 heavy (non-hydrogen) atoms. The van der Waals surface area contributed by atoms with Crippen molar-refractivity contribution in [2.45, 2.75) is 12.7 Å². The van der Waals surface area contributed by atoms with Crippen LogP contribution < -0.4 is 11.2 Å². The monoisotopic (exact) mass is 198 g/mol. The first-order valence-electron chi connectivity index (χ1n) is 4.55. The van der Waals surface area contributed by atoms with Gasteiger partial charge in [0.2, 0.25) is 0 Å². The fourth-order valence-electron chi connectivity index (χ4n) is 0.948. The molecule has 0 fully saturated rings. The minimum Gasteiger partial charge on any atom is -0.328 e. The summed E-state index contributed by atoms with van der Waals surface area (Å²) in [6, 6.07) is 9.75. The quantitative estimate of drug-likeness (QED) is 0.529. The summed E-state index contributed by atoms with van der Waals surface area (Å²) in [5.41, 5.74) is 8.85. The first-order chi connectivity index (χ1) is 6.83. The molecule has 1 unspecified atom stereocenters. The van der Waals surface area contributed by atoms with E-state index in [9.17, 15) is 4.39 Å². The lowest BCUT2D eigenvalue weighted by Crippen LogP contribution is -2.25. The molecule has 0 heterocycles. The van der Waals surface area contributed by atoms with Crippen LogP contribution in [0.15, 0.2) is 30.3 Å². The molecule has 0 aliphatic carbocycles. The molecule has 0 radical (unpaired) electrons. The van der Waals surface area contributed by atoms with Crippen molar-refractivity contribution < 1.29 is 9.23 Å². The van der Waals surface area contributed by atoms with Crippen molar-refractivity contribution >= 4 is 0 Å². The maximum absolute atomic E-state index is 12.6. The molecule has 0 spiro atoms. The molecule has 1 aromatic rings. The van der Waals surface area contributed by atoms with Crippen LogP contribution in [0.1, 0.15) is 5.56 Å². The summed E-state index contributed by atoms with van der Waals surface area (Å²) in [7, 11) is 0.